The largest absolute Gasteiger partial charge is 0.480 e. The number of aromatic nitrogens is 2. The molecular weight excluding hydrogens is 198 g/mol. The van der Waals surface area contributed by atoms with Gasteiger partial charge in [-0.2, -0.15) is 0 Å². The highest BCUT2D eigenvalue weighted by Crippen LogP contribution is 2.12. The number of oxazole rings is 1. The molecule has 0 aromatic carbocycles. The lowest BCUT2D eigenvalue weighted by Crippen LogP contribution is -2.32. The van der Waals surface area contributed by atoms with Crippen molar-refractivity contribution in [1.29, 1.82) is 0 Å². The van der Waals surface area contributed by atoms with Gasteiger partial charge < -0.3 is 15.3 Å². The molecule has 2 heterocycles. The third-order valence-electron chi connectivity index (χ3n) is 2.18. The molecule has 6 nitrogen and oxygen atoms in total. The lowest BCUT2D eigenvalue weighted by Gasteiger charge is -2.01. The van der Waals surface area contributed by atoms with Crippen molar-refractivity contribution in [3.8, 4) is 0 Å². The maximum absolute atomic E-state index is 10.5. The first-order chi connectivity index (χ1) is 7.08. The molecular formula is C9H11N3O3. The molecule has 0 radical (unpaired) electrons. The van der Waals surface area contributed by atoms with Crippen LogP contribution in [0.5, 0.6) is 0 Å². The quantitative estimate of drug-likeness (QED) is 0.752. The maximum atomic E-state index is 10.5. The third-order valence-corrected chi connectivity index (χ3v) is 2.18. The zero-order valence-electron chi connectivity index (χ0n) is 8.17. The second-order valence-corrected chi connectivity index (χ2v) is 3.40. The van der Waals surface area contributed by atoms with Gasteiger partial charge in [0.1, 0.15) is 11.8 Å². The number of carboxylic acid groups (broad SMARTS) is 1. The average molecular weight is 209 g/mol. The van der Waals surface area contributed by atoms with Crippen molar-refractivity contribution in [1.82, 2.24) is 9.38 Å². The molecule has 15 heavy (non-hydrogen) atoms. The predicted molar refractivity (Wildman–Crippen MR) is 51.5 cm³/mol. The molecule has 1 unspecified atom stereocenters. The number of hydrogen-bond donors (Lipinski definition) is 2. The Hall–Kier alpha value is -1.82. The van der Waals surface area contributed by atoms with Crippen molar-refractivity contribution in [3.05, 3.63) is 23.8 Å². The summed E-state index contributed by atoms with van der Waals surface area (Å²) < 4.78 is 7.07. The molecule has 0 amide bonds. The Balaban J connectivity index is 2.26. The molecule has 6 heteroatoms. The smallest absolute Gasteiger partial charge is 0.320 e. The van der Waals surface area contributed by atoms with E-state index in [-0.39, 0.29) is 6.42 Å². The molecule has 0 aliphatic rings. The van der Waals surface area contributed by atoms with Gasteiger partial charge in [-0.25, -0.2) is 4.98 Å². The topological polar surface area (TPSA) is 93.8 Å². The van der Waals surface area contributed by atoms with Crippen LogP contribution in [0.25, 0.3) is 5.84 Å². The lowest BCUT2D eigenvalue weighted by molar-refractivity contribution is -0.138. The van der Waals surface area contributed by atoms with Crippen molar-refractivity contribution >= 4 is 11.8 Å². The minimum atomic E-state index is -1.04. The first-order valence-electron chi connectivity index (χ1n) is 4.48. The molecule has 0 spiro atoms. The summed E-state index contributed by atoms with van der Waals surface area (Å²) in [6.45, 7) is 1.89. The third kappa shape index (κ3) is 1.71. The fourth-order valence-electron chi connectivity index (χ4n) is 1.34. The van der Waals surface area contributed by atoms with Gasteiger partial charge in [-0.1, -0.05) is 0 Å². The molecule has 2 aromatic heterocycles. The van der Waals surface area contributed by atoms with Crippen LogP contribution >= 0.6 is 0 Å². The zero-order valence-corrected chi connectivity index (χ0v) is 8.17. The van der Waals surface area contributed by atoms with E-state index in [1.807, 2.05) is 6.92 Å². The predicted octanol–water partition coefficient (Wildman–Crippen LogP) is 0.190. The van der Waals surface area contributed by atoms with Gasteiger partial charge in [-0.15, -0.1) is 0 Å². The number of fused-ring (bicyclic) bond motifs is 1. The van der Waals surface area contributed by atoms with Gasteiger partial charge in [0, 0.05) is 12.1 Å². The number of rotatable bonds is 3. The molecule has 0 aliphatic carbocycles. The molecule has 3 N–H and O–H groups in total. The molecule has 0 bridgehead atoms. The molecule has 1 atom stereocenters. The molecule has 0 fully saturated rings. The van der Waals surface area contributed by atoms with E-state index in [0.29, 0.717) is 11.6 Å². The van der Waals surface area contributed by atoms with E-state index in [0.717, 1.165) is 5.69 Å². The summed E-state index contributed by atoms with van der Waals surface area (Å²) in [6.07, 6.45) is 3.55. The first-order valence-corrected chi connectivity index (χ1v) is 4.48. The van der Waals surface area contributed by atoms with E-state index in [9.17, 15) is 4.79 Å². The van der Waals surface area contributed by atoms with Crippen molar-refractivity contribution in [2.24, 2.45) is 5.73 Å². The summed E-state index contributed by atoms with van der Waals surface area (Å²) in [5.74, 6) is -0.0584. The monoisotopic (exact) mass is 209 g/mol. The summed E-state index contributed by atoms with van der Waals surface area (Å²) in [6, 6.07) is -0.943. The average Bonchev–Trinajstić information content (AvgIpc) is 2.69. The number of hydrogen-bond acceptors (Lipinski definition) is 4. The van der Waals surface area contributed by atoms with Crippen LogP contribution in [-0.4, -0.2) is 26.5 Å². The first kappa shape index (κ1) is 9.72. The van der Waals surface area contributed by atoms with Crippen LogP contribution in [0.4, 0.5) is 0 Å². The number of aliphatic carboxylic acids is 1. The second-order valence-electron chi connectivity index (χ2n) is 3.40. The van der Waals surface area contributed by atoms with Crippen molar-refractivity contribution in [2.45, 2.75) is 19.4 Å². The minimum absolute atomic E-state index is 0.165. The Morgan fingerprint density at radius 1 is 1.80 bits per heavy atom. The normalized spacial score (nSPS) is 13.2. The van der Waals surface area contributed by atoms with Crippen LogP contribution in [0.15, 0.2) is 16.8 Å². The number of aryl methyl sites for hydroxylation is 1. The van der Waals surface area contributed by atoms with E-state index in [2.05, 4.69) is 4.98 Å². The molecule has 2 rings (SSSR count). The summed E-state index contributed by atoms with van der Waals surface area (Å²) in [5, 5.41) is 8.63. The van der Waals surface area contributed by atoms with E-state index >= 15 is 0 Å². The Kier molecular flexibility index (Phi) is 2.20. The Bertz CT molecular complexity index is 500. The van der Waals surface area contributed by atoms with Crippen LogP contribution in [0.2, 0.25) is 0 Å². The number of carboxylic acids is 1. The van der Waals surface area contributed by atoms with Gasteiger partial charge in [0.25, 0.3) is 0 Å². The number of nitrogens with zero attached hydrogens (tertiary/aromatic N) is 2. The van der Waals surface area contributed by atoms with Gasteiger partial charge in [0.05, 0.1) is 12.4 Å². The summed E-state index contributed by atoms with van der Waals surface area (Å²) in [4.78, 5) is 14.5. The van der Waals surface area contributed by atoms with Crippen molar-refractivity contribution in [2.75, 3.05) is 0 Å². The summed E-state index contributed by atoms with van der Waals surface area (Å²) in [7, 11) is 0. The molecule has 0 saturated heterocycles. The molecule has 0 aliphatic heterocycles. The second kappa shape index (κ2) is 3.39. The summed E-state index contributed by atoms with van der Waals surface area (Å²) >= 11 is 0. The van der Waals surface area contributed by atoms with Crippen LogP contribution in [0.3, 0.4) is 0 Å². The fraction of sp³-hybridized carbons (Fsp3) is 0.333. The standard InChI is InChI=1S/C9H11N3O3/c1-5-3-11-9-12(5)4-6(15-9)2-7(10)8(13)14/h3-4,7H,2,10H2,1H3,(H,13,14). The number of nitrogens with two attached hydrogens (primary N) is 1. The van der Waals surface area contributed by atoms with Crippen molar-refractivity contribution in [3.63, 3.8) is 0 Å². The lowest BCUT2D eigenvalue weighted by atomic mass is 10.2. The summed E-state index contributed by atoms with van der Waals surface area (Å²) in [5.41, 5.74) is 6.32. The number of carbonyl (C=O) groups is 1. The van der Waals surface area contributed by atoms with Crippen LogP contribution in [0, 0.1) is 6.92 Å². The minimum Gasteiger partial charge on any atom is -0.480 e. The van der Waals surface area contributed by atoms with Crippen LogP contribution in [0.1, 0.15) is 11.5 Å². The number of imidazole rings is 1. The van der Waals surface area contributed by atoms with Crippen LogP contribution < -0.4 is 5.73 Å². The fourth-order valence-corrected chi connectivity index (χ4v) is 1.34. The maximum Gasteiger partial charge on any atom is 0.320 e. The van der Waals surface area contributed by atoms with E-state index in [4.69, 9.17) is 15.3 Å². The zero-order chi connectivity index (χ0) is 11.0. The Morgan fingerprint density at radius 3 is 3.13 bits per heavy atom. The Morgan fingerprint density at radius 2 is 2.53 bits per heavy atom. The Labute approximate surface area is 85.3 Å². The van der Waals surface area contributed by atoms with Crippen molar-refractivity contribution < 1.29 is 14.3 Å². The van der Waals surface area contributed by atoms with E-state index in [1.54, 1.807) is 16.8 Å². The highest BCUT2D eigenvalue weighted by Gasteiger charge is 2.16. The molecule has 2 aromatic rings. The van der Waals surface area contributed by atoms with E-state index < -0.39 is 12.0 Å². The molecule has 80 valence electrons. The highest BCUT2D eigenvalue weighted by molar-refractivity contribution is 5.73. The van der Waals surface area contributed by atoms with E-state index in [1.165, 1.54) is 0 Å². The SMILES string of the molecule is Cc1cnc2oc(CC(N)C(=O)O)cn12. The van der Waals surface area contributed by atoms with Gasteiger partial charge in [0.2, 0.25) is 0 Å². The van der Waals surface area contributed by atoms with Crippen LogP contribution in [-0.2, 0) is 11.2 Å². The van der Waals surface area contributed by atoms with Gasteiger partial charge in [-0.3, -0.25) is 9.20 Å². The van der Waals surface area contributed by atoms with Gasteiger partial charge in [-0.05, 0) is 6.92 Å². The molecule has 0 saturated carbocycles. The van der Waals surface area contributed by atoms with Gasteiger partial charge >= 0.3 is 11.8 Å². The van der Waals surface area contributed by atoms with Gasteiger partial charge in [0.15, 0.2) is 0 Å². The highest BCUT2D eigenvalue weighted by atomic mass is 16.4.